The highest BCUT2D eigenvalue weighted by molar-refractivity contribution is 6.40. The average molecular weight is 583 g/mol. The molecule has 0 bridgehead atoms. The van der Waals surface area contributed by atoms with Crippen molar-refractivity contribution in [3.63, 3.8) is 0 Å². The van der Waals surface area contributed by atoms with Gasteiger partial charge in [0, 0.05) is 17.8 Å². The Balaban J connectivity index is 1.52. The second-order valence-corrected chi connectivity index (χ2v) is 9.44. The first kappa shape index (κ1) is 28.3. The number of ether oxygens (including phenoxy) is 1. The molecule has 1 aliphatic heterocycles. The van der Waals surface area contributed by atoms with Gasteiger partial charge in [0.05, 0.1) is 20.7 Å². The van der Waals surface area contributed by atoms with E-state index in [1.807, 2.05) is 26.0 Å². The number of barbiturate groups is 1. The lowest BCUT2D eigenvalue weighted by Crippen LogP contribution is -2.54. The van der Waals surface area contributed by atoms with Crippen molar-refractivity contribution in [3.8, 4) is 5.75 Å². The number of aryl methyl sites for hydroxylation is 1. The van der Waals surface area contributed by atoms with Gasteiger partial charge in [0.2, 0.25) is 0 Å². The van der Waals surface area contributed by atoms with Gasteiger partial charge in [0.15, 0.2) is 12.4 Å². The van der Waals surface area contributed by atoms with Gasteiger partial charge in [-0.25, -0.2) is 9.69 Å². The number of urea groups is 1. The van der Waals surface area contributed by atoms with E-state index in [2.05, 4.69) is 10.6 Å². The molecule has 0 unspecified atom stereocenters. The fourth-order valence-corrected chi connectivity index (χ4v) is 4.41. The summed E-state index contributed by atoms with van der Waals surface area (Å²) in [5.74, 6) is -2.33. The first-order valence-corrected chi connectivity index (χ1v) is 12.4. The van der Waals surface area contributed by atoms with E-state index < -0.39 is 34.2 Å². The van der Waals surface area contributed by atoms with Crippen LogP contribution < -0.4 is 20.3 Å². The molecule has 2 N–H and O–H groups in total. The minimum Gasteiger partial charge on any atom is -0.481 e. The fraction of sp³-hybridized carbons (Fsp3) is 0.111. The molecule has 1 aliphatic rings. The van der Waals surface area contributed by atoms with E-state index in [4.69, 9.17) is 27.9 Å². The van der Waals surface area contributed by atoms with E-state index in [0.717, 1.165) is 23.3 Å². The van der Waals surface area contributed by atoms with Crippen molar-refractivity contribution in [2.24, 2.45) is 0 Å². The van der Waals surface area contributed by atoms with Gasteiger partial charge in [-0.3, -0.25) is 29.8 Å². The summed E-state index contributed by atoms with van der Waals surface area (Å²) in [7, 11) is 0. The van der Waals surface area contributed by atoms with Crippen LogP contribution in [0, 0.1) is 24.0 Å². The Morgan fingerprint density at radius 2 is 1.73 bits per heavy atom. The number of rotatable bonds is 7. The Morgan fingerprint density at radius 3 is 2.35 bits per heavy atom. The molecule has 13 heteroatoms. The number of carbonyl (C=O) groups excluding carboxylic acids is 4. The standard InChI is InChI=1S/C27H20Cl2N4O7/c1-14-4-3-5-22(15(14)2)30-23(34)13-40-24-20(28)11-16(12-21(24)29)10-19-25(35)31-27(37)32(26(19)36)17-6-8-18(9-7-17)33(38)39/h3-12H,13H2,1-2H3,(H,30,34)(H,31,35,37)/b19-10-. The molecule has 0 spiro atoms. The zero-order chi connectivity index (χ0) is 29.1. The number of amides is 5. The first-order valence-electron chi connectivity index (χ1n) is 11.6. The van der Waals surface area contributed by atoms with Crippen LogP contribution in [0.25, 0.3) is 6.08 Å². The maximum Gasteiger partial charge on any atom is 0.335 e. The molecule has 11 nitrogen and oxygen atoms in total. The van der Waals surface area contributed by atoms with Crippen molar-refractivity contribution in [2.45, 2.75) is 13.8 Å². The van der Waals surface area contributed by atoms with Crippen LogP contribution in [0.15, 0.2) is 60.2 Å². The minimum atomic E-state index is -1.01. The molecule has 0 radical (unpaired) electrons. The van der Waals surface area contributed by atoms with Crippen molar-refractivity contribution in [3.05, 3.63) is 97.0 Å². The molecule has 40 heavy (non-hydrogen) atoms. The smallest absolute Gasteiger partial charge is 0.335 e. The van der Waals surface area contributed by atoms with Crippen LogP contribution in [0.2, 0.25) is 10.0 Å². The molecule has 0 atom stereocenters. The van der Waals surface area contributed by atoms with Gasteiger partial charge < -0.3 is 10.1 Å². The van der Waals surface area contributed by atoms with Crippen molar-refractivity contribution >= 4 is 70.1 Å². The van der Waals surface area contributed by atoms with Crippen LogP contribution in [-0.2, 0) is 14.4 Å². The monoisotopic (exact) mass is 582 g/mol. The van der Waals surface area contributed by atoms with E-state index in [-0.39, 0.29) is 39.3 Å². The van der Waals surface area contributed by atoms with Gasteiger partial charge in [-0.05, 0) is 66.9 Å². The van der Waals surface area contributed by atoms with Crippen LogP contribution in [0.5, 0.6) is 5.75 Å². The summed E-state index contributed by atoms with van der Waals surface area (Å²) in [5.41, 5.74) is 2.18. The average Bonchev–Trinajstić information content (AvgIpc) is 2.89. The quantitative estimate of drug-likeness (QED) is 0.168. The lowest BCUT2D eigenvalue weighted by molar-refractivity contribution is -0.384. The highest BCUT2D eigenvalue weighted by Gasteiger charge is 2.37. The number of nitro benzene ring substituents is 1. The zero-order valence-electron chi connectivity index (χ0n) is 21.0. The third-order valence-electron chi connectivity index (χ3n) is 5.98. The molecule has 3 aromatic carbocycles. The van der Waals surface area contributed by atoms with Gasteiger partial charge in [0.25, 0.3) is 23.4 Å². The number of nitro groups is 1. The molecule has 3 aromatic rings. The highest BCUT2D eigenvalue weighted by Crippen LogP contribution is 2.35. The summed E-state index contributed by atoms with van der Waals surface area (Å²) < 4.78 is 5.53. The third-order valence-corrected chi connectivity index (χ3v) is 6.54. The Bertz CT molecular complexity index is 1580. The van der Waals surface area contributed by atoms with Gasteiger partial charge in [-0.1, -0.05) is 35.3 Å². The lowest BCUT2D eigenvalue weighted by Gasteiger charge is -2.26. The van der Waals surface area contributed by atoms with Gasteiger partial charge >= 0.3 is 6.03 Å². The van der Waals surface area contributed by atoms with E-state index in [1.54, 1.807) is 6.07 Å². The second-order valence-electron chi connectivity index (χ2n) is 8.63. The van der Waals surface area contributed by atoms with E-state index in [9.17, 15) is 29.3 Å². The Morgan fingerprint density at radius 1 is 1.07 bits per heavy atom. The third kappa shape index (κ3) is 5.95. The molecule has 1 fully saturated rings. The van der Waals surface area contributed by atoms with Crippen LogP contribution in [0.4, 0.5) is 21.9 Å². The number of nitrogens with one attached hydrogen (secondary N) is 2. The molecule has 204 valence electrons. The van der Waals surface area contributed by atoms with Crippen molar-refractivity contribution < 1.29 is 28.8 Å². The number of imide groups is 2. The van der Waals surface area contributed by atoms with Crippen LogP contribution in [0.3, 0.4) is 0 Å². The SMILES string of the molecule is Cc1cccc(NC(=O)COc2c(Cl)cc(/C=C3/C(=O)NC(=O)N(c4ccc([N+](=O)[O-])cc4)C3=O)cc2Cl)c1C. The van der Waals surface area contributed by atoms with E-state index in [1.165, 1.54) is 30.3 Å². The molecular weight excluding hydrogens is 563 g/mol. The number of non-ortho nitro benzene ring substituents is 1. The van der Waals surface area contributed by atoms with E-state index in [0.29, 0.717) is 10.6 Å². The summed E-state index contributed by atoms with van der Waals surface area (Å²) in [6.45, 7) is 3.42. The van der Waals surface area contributed by atoms with Gasteiger partial charge in [0.1, 0.15) is 5.57 Å². The largest absolute Gasteiger partial charge is 0.481 e. The number of anilines is 2. The maximum atomic E-state index is 13.1. The molecule has 0 aromatic heterocycles. The number of benzene rings is 3. The molecule has 5 amide bonds. The number of nitrogens with zero attached hydrogens (tertiary/aromatic N) is 2. The van der Waals surface area contributed by atoms with Gasteiger partial charge in [-0.15, -0.1) is 0 Å². The minimum absolute atomic E-state index is 0.00542. The fourth-order valence-electron chi connectivity index (χ4n) is 3.79. The van der Waals surface area contributed by atoms with Crippen molar-refractivity contribution in [1.29, 1.82) is 0 Å². The predicted molar refractivity (Wildman–Crippen MR) is 149 cm³/mol. The van der Waals surface area contributed by atoms with Crippen molar-refractivity contribution in [2.75, 3.05) is 16.8 Å². The molecule has 1 saturated heterocycles. The number of carbonyl (C=O) groups is 4. The summed E-state index contributed by atoms with van der Waals surface area (Å²) in [6.07, 6.45) is 1.18. The summed E-state index contributed by atoms with van der Waals surface area (Å²) in [6, 6.07) is 11.9. The lowest BCUT2D eigenvalue weighted by atomic mass is 10.1. The molecular formula is C27H20Cl2N4O7. The topological polar surface area (TPSA) is 148 Å². The van der Waals surface area contributed by atoms with Gasteiger partial charge in [-0.2, -0.15) is 0 Å². The predicted octanol–water partition coefficient (Wildman–Crippen LogP) is 5.20. The molecule has 1 heterocycles. The molecule has 0 saturated carbocycles. The number of halogens is 2. The molecule has 4 rings (SSSR count). The maximum absolute atomic E-state index is 13.1. The van der Waals surface area contributed by atoms with Crippen LogP contribution in [-0.4, -0.2) is 35.3 Å². The summed E-state index contributed by atoms with van der Waals surface area (Å²) in [4.78, 5) is 61.3. The number of hydrogen-bond donors (Lipinski definition) is 2. The Labute approximate surface area is 237 Å². The van der Waals surface area contributed by atoms with Crippen LogP contribution in [0.1, 0.15) is 16.7 Å². The highest BCUT2D eigenvalue weighted by atomic mass is 35.5. The Hall–Kier alpha value is -4.74. The second kappa shape index (κ2) is 11.6. The summed E-state index contributed by atoms with van der Waals surface area (Å²) >= 11 is 12.7. The van der Waals surface area contributed by atoms with Crippen molar-refractivity contribution in [1.82, 2.24) is 5.32 Å². The zero-order valence-corrected chi connectivity index (χ0v) is 22.5. The normalized spacial score (nSPS) is 14.2. The van der Waals surface area contributed by atoms with E-state index >= 15 is 0 Å². The summed E-state index contributed by atoms with van der Waals surface area (Å²) in [5, 5.41) is 15.7. The Kier molecular flexibility index (Phi) is 8.17. The first-order chi connectivity index (χ1) is 19.0. The number of hydrogen-bond acceptors (Lipinski definition) is 7. The molecule has 0 aliphatic carbocycles. The van der Waals surface area contributed by atoms with Crippen LogP contribution >= 0.6 is 23.2 Å².